The molecule has 1 atom stereocenters. The maximum atomic E-state index is 10.6. The van der Waals surface area contributed by atoms with Crippen molar-refractivity contribution in [2.45, 2.75) is 19.8 Å². The molecule has 100 valence electrons. The highest BCUT2D eigenvalue weighted by molar-refractivity contribution is 6.29. The van der Waals surface area contributed by atoms with Crippen LogP contribution in [0.25, 0.3) is 0 Å². The predicted octanol–water partition coefficient (Wildman–Crippen LogP) is 2.46. The second-order valence-corrected chi connectivity index (χ2v) is 4.53. The van der Waals surface area contributed by atoms with Crippen LogP contribution in [0.1, 0.15) is 19.8 Å². The summed E-state index contributed by atoms with van der Waals surface area (Å²) >= 11 is 5.69. The van der Waals surface area contributed by atoms with E-state index in [0.717, 1.165) is 12.8 Å². The van der Waals surface area contributed by atoms with E-state index in [0.29, 0.717) is 12.4 Å². The highest BCUT2D eigenvalue weighted by Crippen LogP contribution is 2.20. The fraction of sp³-hybridized carbons (Fsp3) is 0.545. The summed E-state index contributed by atoms with van der Waals surface area (Å²) in [5.74, 6) is 0.652. The number of hydrogen-bond acceptors (Lipinski definition) is 5. The average molecular weight is 274 g/mol. The molecule has 2 N–H and O–H groups in total. The van der Waals surface area contributed by atoms with E-state index in [2.05, 4.69) is 10.3 Å². The summed E-state index contributed by atoms with van der Waals surface area (Å²) in [5.41, 5.74) is -0.0822. The largest absolute Gasteiger partial charge is 0.396 e. The summed E-state index contributed by atoms with van der Waals surface area (Å²) in [6.45, 7) is 2.76. The van der Waals surface area contributed by atoms with Gasteiger partial charge >= 0.3 is 0 Å². The Morgan fingerprint density at radius 3 is 2.94 bits per heavy atom. The van der Waals surface area contributed by atoms with E-state index in [1.54, 1.807) is 0 Å². The SMILES string of the molecule is CC(CO)CCCNc1cc([N+](=O)[O-])cc(Cl)n1. The van der Waals surface area contributed by atoms with Crippen molar-refractivity contribution in [3.63, 3.8) is 0 Å². The number of nitrogens with one attached hydrogen (secondary N) is 1. The number of nitro groups is 1. The molecule has 0 fully saturated rings. The molecule has 1 rings (SSSR count). The van der Waals surface area contributed by atoms with Gasteiger partial charge < -0.3 is 10.4 Å². The molecule has 0 saturated carbocycles. The Morgan fingerprint density at radius 2 is 2.33 bits per heavy atom. The monoisotopic (exact) mass is 273 g/mol. The lowest BCUT2D eigenvalue weighted by atomic mass is 10.1. The first-order valence-corrected chi connectivity index (χ1v) is 6.07. The molecule has 0 bridgehead atoms. The number of pyridine rings is 1. The standard InChI is InChI=1S/C11H16ClN3O3/c1-8(7-16)3-2-4-13-11-6-9(15(17)18)5-10(12)14-11/h5-6,8,16H,2-4,7H2,1H3,(H,13,14). The average Bonchev–Trinajstić information content (AvgIpc) is 2.33. The zero-order chi connectivity index (χ0) is 13.5. The van der Waals surface area contributed by atoms with Crippen LogP contribution in [-0.2, 0) is 0 Å². The van der Waals surface area contributed by atoms with Crippen LogP contribution in [0.3, 0.4) is 0 Å². The first-order valence-electron chi connectivity index (χ1n) is 5.69. The number of aliphatic hydroxyl groups excluding tert-OH is 1. The summed E-state index contributed by atoms with van der Waals surface area (Å²) in [7, 11) is 0. The molecule has 0 aliphatic heterocycles. The lowest BCUT2D eigenvalue weighted by Crippen LogP contribution is -2.07. The van der Waals surface area contributed by atoms with E-state index in [9.17, 15) is 10.1 Å². The fourth-order valence-electron chi connectivity index (χ4n) is 1.44. The van der Waals surface area contributed by atoms with Crippen LogP contribution in [0, 0.1) is 16.0 Å². The van der Waals surface area contributed by atoms with Gasteiger partial charge in [0.1, 0.15) is 11.0 Å². The van der Waals surface area contributed by atoms with E-state index in [1.807, 2.05) is 6.92 Å². The van der Waals surface area contributed by atoms with Gasteiger partial charge in [0.15, 0.2) is 0 Å². The Labute approximate surface area is 110 Å². The highest BCUT2D eigenvalue weighted by Gasteiger charge is 2.09. The van der Waals surface area contributed by atoms with Crippen LogP contribution < -0.4 is 5.32 Å². The van der Waals surface area contributed by atoms with Crippen molar-refractivity contribution in [1.82, 2.24) is 4.98 Å². The van der Waals surface area contributed by atoms with E-state index < -0.39 is 4.92 Å². The normalized spacial score (nSPS) is 12.2. The first kappa shape index (κ1) is 14.7. The number of hydrogen-bond donors (Lipinski definition) is 2. The molecule has 7 heteroatoms. The van der Waals surface area contributed by atoms with Crippen LogP contribution in [-0.4, -0.2) is 28.2 Å². The molecule has 0 aliphatic carbocycles. The molecule has 0 aliphatic rings. The molecule has 0 aromatic carbocycles. The molecule has 6 nitrogen and oxygen atoms in total. The molecule has 18 heavy (non-hydrogen) atoms. The Kier molecular flexibility index (Phi) is 5.80. The summed E-state index contributed by atoms with van der Waals surface area (Å²) in [4.78, 5) is 14.1. The Bertz CT molecular complexity index is 415. The first-order chi connectivity index (χ1) is 8.52. The Morgan fingerprint density at radius 1 is 1.61 bits per heavy atom. The number of nitrogens with zero attached hydrogens (tertiary/aromatic N) is 2. The van der Waals surface area contributed by atoms with Crippen molar-refractivity contribution in [1.29, 1.82) is 0 Å². The minimum absolute atomic E-state index is 0.0822. The van der Waals surface area contributed by atoms with E-state index in [1.165, 1.54) is 12.1 Å². The zero-order valence-electron chi connectivity index (χ0n) is 10.1. The van der Waals surface area contributed by atoms with Gasteiger partial charge in [0.2, 0.25) is 0 Å². The van der Waals surface area contributed by atoms with Gasteiger partial charge in [-0.2, -0.15) is 0 Å². The lowest BCUT2D eigenvalue weighted by molar-refractivity contribution is -0.384. The molecular formula is C11H16ClN3O3. The van der Waals surface area contributed by atoms with Gasteiger partial charge in [-0.15, -0.1) is 0 Å². The van der Waals surface area contributed by atoms with E-state index in [-0.39, 0.29) is 23.4 Å². The third kappa shape index (κ3) is 4.85. The topological polar surface area (TPSA) is 88.3 Å². The van der Waals surface area contributed by atoms with Crippen LogP contribution in [0.15, 0.2) is 12.1 Å². The summed E-state index contributed by atoms with van der Waals surface area (Å²) < 4.78 is 0. The minimum Gasteiger partial charge on any atom is -0.396 e. The maximum Gasteiger partial charge on any atom is 0.276 e. The molecule has 1 aromatic rings. The van der Waals surface area contributed by atoms with Crippen LogP contribution in [0.4, 0.5) is 11.5 Å². The lowest BCUT2D eigenvalue weighted by Gasteiger charge is -2.08. The molecule has 0 radical (unpaired) electrons. The van der Waals surface area contributed by atoms with Crippen molar-refractivity contribution >= 4 is 23.1 Å². The quantitative estimate of drug-likeness (QED) is 0.345. The highest BCUT2D eigenvalue weighted by atomic mass is 35.5. The zero-order valence-corrected chi connectivity index (χ0v) is 10.9. The number of anilines is 1. The molecule has 0 saturated heterocycles. The number of aromatic nitrogens is 1. The van der Waals surface area contributed by atoms with Crippen molar-refractivity contribution in [2.24, 2.45) is 5.92 Å². The van der Waals surface area contributed by atoms with Crippen molar-refractivity contribution in [3.05, 3.63) is 27.4 Å². The predicted molar refractivity (Wildman–Crippen MR) is 69.9 cm³/mol. The summed E-state index contributed by atoms with van der Waals surface area (Å²) in [6, 6.07) is 2.56. The Hall–Kier alpha value is -1.40. The third-order valence-corrected chi connectivity index (χ3v) is 2.67. The second kappa shape index (κ2) is 7.13. The van der Waals surface area contributed by atoms with Gasteiger partial charge in [-0.05, 0) is 18.8 Å². The third-order valence-electron chi connectivity index (χ3n) is 2.48. The Balaban J connectivity index is 2.49. The van der Waals surface area contributed by atoms with E-state index in [4.69, 9.17) is 16.7 Å². The van der Waals surface area contributed by atoms with Crippen LogP contribution in [0.2, 0.25) is 5.15 Å². The van der Waals surface area contributed by atoms with Crippen LogP contribution in [0.5, 0.6) is 0 Å². The van der Waals surface area contributed by atoms with Gasteiger partial charge in [-0.1, -0.05) is 18.5 Å². The molecule has 0 amide bonds. The molecular weight excluding hydrogens is 258 g/mol. The number of halogens is 1. The van der Waals surface area contributed by atoms with Gasteiger partial charge in [-0.25, -0.2) is 4.98 Å². The molecule has 1 unspecified atom stereocenters. The van der Waals surface area contributed by atoms with Crippen molar-refractivity contribution < 1.29 is 10.0 Å². The summed E-state index contributed by atoms with van der Waals surface area (Å²) in [6.07, 6.45) is 1.73. The molecule has 0 spiro atoms. The van der Waals surface area contributed by atoms with Gasteiger partial charge in [-0.3, -0.25) is 10.1 Å². The minimum atomic E-state index is -0.507. The van der Waals surface area contributed by atoms with Crippen molar-refractivity contribution in [2.75, 3.05) is 18.5 Å². The number of rotatable bonds is 7. The fourth-order valence-corrected chi connectivity index (χ4v) is 1.64. The second-order valence-electron chi connectivity index (χ2n) is 4.15. The van der Waals surface area contributed by atoms with Gasteiger partial charge in [0.25, 0.3) is 5.69 Å². The molecule has 1 heterocycles. The van der Waals surface area contributed by atoms with Crippen LogP contribution >= 0.6 is 11.6 Å². The summed E-state index contributed by atoms with van der Waals surface area (Å²) in [5, 5.41) is 22.6. The molecule has 1 aromatic heterocycles. The van der Waals surface area contributed by atoms with Crippen molar-refractivity contribution in [3.8, 4) is 0 Å². The van der Waals surface area contributed by atoms with Gasteiger partial charge in [0, 0.05) is 13.2 Å². The van der Waals surface area contributed by atoms with E-state index >= 15 is 0 Å². The maximum absolute atomic E-state index is 10.6. The van der Waals surface area contributed by atoms with Gasteiger partial charge in [0.05, 0.1) is 17.1 Å². The number of aliphatic hydroxyl groups is 1. The smallest absolute Gasteiger partial charge is 0.276 e.